The average Bonchev–Trinajstić information content (AvgIpc) is 3.01. The quantitative estimate of drug-likeness (QED) is 0.785. The molecule has 110 valence electrons. The topological polar surface area (TPSA) is 34.8 Å². The molecule has 2 heterocycles. The van der Waals surface area contributed by atoms with Crippen LogP contribution in [0.3, 0.4) is 0 Å². The van der Waals surface area contributed by atoms with Gasteiger partial charge in [0.2, 0.25) is 0 Å². The molecule has 0 amide bonds. The van der Waals surface area contributed by atoms with Gasteiger partial charge in [0.1, 0.15) is 0 Å². The van der Waals surface area contributed by atoms with Crippen LogP contribution in [0, 0.1) is 0 Å². The van der Waals surface area contributed by atoms with E-state index in [4.69, 9.17) is 11.6 Å². The SMILES string of the molecule is CCNCc1cn(Cc2cnn(C)c2)c2cc(Cl)ccc12. The molecule has 0 fully saturated rings. The zero-order valence-corrected chi connectivity index (χ0v) is 13.1. The fourth-order valence-corrected chi connectivity index (χ4v) is 2.79. The van der Waals surface area contributed by atoms with Gasteiger partial charge in [0.15, 0.2) is 0 Å². The van der Waals surface area contributed by atoms with E-state index < -0.39 is 0 Å². The van der Waals surface area contributed by atoms with Gasteiger partial charge in [-0.1, -0.05) is 24.6 Å². The molecule has 21 heavy (non-hydrogen) atoms. The van der Waals surface area contributed by atoms with E-state index in [9.17, 15) is 0 Å². The number of benzene rings is 1. The van der Waals surface area contributed by atoms with E-state index in [1.165, 1.54) is 22.0 Å². The standard InChI is InChI=1S/C16H19ClN4/c1-3-18-8-13-11-21(10-12-7-19-20(2)9-12)16-6-14(17)4-5-15(13)16/h4-7,9,11,18H,3,8,10H2,1-2H3. The number of hydrogen-bond donors (Lipinski definition) is 1. The number of rotatable bonds is 5. The highest BCUT2D eigenvalue weighted by Gasteiger charge is 2.10. The Kier molecular flexibility index (Phi) is 3.99. The lowest BCUT2D eigenvalue weighted by Crippen LogP contribution is -2.11. The second-order valence-electron chi connectivity index (χ2n) is 5.25. The second kappa shape index (κ2) is 5.92. The van der Waals surface area contributed by atoms with Crippen LogP contribution in [0.25, 0.3) is 10.9 Å². The van der Waals surface area contributed by atoms with Crippen molar-refractivity contribution in [3.63, 3.8) is 0 Å². The van der Waals surface area contributed by atoms with Crippen molar-refractivity contribution in [3.8, 4) is 0 Å². The van der Waals surface area contributed by atoms with E-state index in [-0.39, 0.29) is 0 Å². The van der Waals surface area contributed by atoms with Gasteiger partial charge in [-0.15, -0.1) is 0 Å². The lowest BCUT2D eigenvalue weighted by molar-refractivity contribution is 0.724. The van der Waals surface area contributed by atoms with Crippen molar-refractivity contribution in [2.45, 2.75) is 20.0 Å². The Hall–Kier alpha value is -1.78. The Balaban J connectivity index is 2.01. The van der Waals surface area contributed by atoms with Gasteiger partial charge in [-0.3, -0.25) is 4.68 Å². The lowest BCUT2D eigenvalue weighted by Gasteiger charge is -2.03. The molecular formula is C16H19ClN4. The van der Waals surface area contributed by atoms with Crippen molar-refractivity contribution >= 4 is 22.5 Å². The summed E-state index contributed by atoms with van der Waals surface area (Å²) in [5.74, 6) is 0. The summed E-state index contributed by atoms with van der Waals surface area (Å²) in [6.45, 7) is 4.75. The third kappa shape index (κ3) is 2.96. The minimum absolute atomic E-state index is 0.767. The van der Waals surface area contributed by atoms with Gasteiger partial charge in [0.25, 0.3) is 0 Å². The van der Waals surface area contributed by atoms with E-state index >= 15 is 0 Å². The molecule has 0 saturated heterocycles. The molecule has 1 aromatic carbocycles. The Labute approximate surface area is 129 Å². The summed E-state index contributed by atoms with van der Waals surface area (Å²) in [6, 6.07) is 6.08. The van der Waals surface area contributed by atoms with Crippen molar-refractivity contribution in [2.24, 2.45) is 7.05 Å². The van der Waals surface area contributed by atoms with Crippen LogP contribution in [-0.4, -0.2) is 20.9 Å². The van der Waals surface area contributed by atoms with Crippen LogP contribution in [-0.2, 0) is 20.1 Å². The van der Waals surface area contributed by atoms with Crippen LogP contribution in [0.15, 0.2) is 36.8 Å². The first-order valence-electron chi connectivity index (χ1n) is 7.13. The highest BCUT2D eigenvalue weighted by molar-refractivity contribution is 6.31. The van der Waals surface area contributed by atoms with Gasteiger partial charge in [0, 0.05) is 42.0 Å². The minimum atomic E-state index is 0.767. The molecule has 2 aromatic heterocycles. The van der Waals surface area contributed by atoms with E-state index in [2.05, 4.69) is 34.2 Å². The Bertz CT molecular complexity index is 757. The predicted octanol–water partition coefficient (Wildman–Crippen LogP) is 3.19. The maximum atomic E-state index is 6.17. The number of aromatic nitrogens is 3. The summed E-state index contributed by atoms with van der Waals surface area (Å²) in [7, 11) is 1.94. The van der Waals surface area contributed by atoms with Crippen LogP contribution in [0.1, 0.15) is 18.1 Å². The number of nitrogens with one attached hydrogen (secondary N) is 1. The number of halogens is 1. The molecule has 0 atom stereocenters. The van der Waals surface area contributed by atoms with Crippen molar-refractivity contribution < 1.29 is 0 Å². The second-order valence-corrected chi connectivity index (χ2v) is 5.68. The monoisotopic (exact) mass is 302 g/mol. The van der Waals surface area contributed by atoms with E-state index in [1.54, 1.807) is 0 Å². The molecule has 0 aliphatic rings. The summed E-state index contributed by atoms with van der Waals surface area (Å²) >= 11 is 6.17. The van der Waals surface area contributed by atoms with Gasteiger partial charge in [0.05, 0.1) is 18.3 Å². The first kappa shape index (κ1) is 14.2. The molecular weight excluding hydrogens is 284 g/mol. The molecule has 0 aliphatic carbocycles. The molecule has 0 aliphatic heterocycles. The summed E-state index contributed by atoms with van der Waals surface area (Å²) in [4.78, 5) is 0. The van der Waals surface area contributed by atoms with Crippen molar-refractivity contribution in [2.75, 3.05) is 6.54 Å². The zero-order chi connectivity index (χ0) is 14.8. The molecule has 3 aromatic rings. The van der Waals surface area contributed by atoms with Crippen molar-refractivity contribution in [1.29, 1.82) is 0 Å². The van der Waals surface area contributed by atoms with Crippen LogP contribution >= 0.6 is 11.6 Å². The van der Waals surface area contributed by atoms with Crippen molar-refractivity contribution in [1.82, 2.24) is 19.7 Å². The molecule has 0 bridgehead atoms. The number of hydrogen-bond acceptors (Lipinski definition) is 2. The molecule has 0 spiro atoms. The van der Waals surface area contributed by atoms with Crippen LogP contribution in [0.5, 0.6) is 0 Å². The van der Waals surface area contributed by atoms with E-state index in [1.807, 2.05) is 36.3 Å². The first-order valence-corrected chi connectivity index (χ1v) is 7.50. The third-order valence-corrected chi connectivity index (χ3v) is 3.84. The largest absolute Gasteiger partial charge is 0.343 e. The lowest BCUT2D eigenvalue weighted by atomic mass is 10.2. The molecule has 1 N–H and O–H groups in total. The molecule has 5 heteroatoms. The minimum Gasteiger partial charge on any atom is -0.343 e. The molecule has 4 nitrogen and oxygen atoms in total. The van der Waals surface area contributed by atoms with Crippen LogP contribution in [0.2, 0.25) is 5.02 Å². The van der Waals surface area contributed by atoms with Gasteiger partial charge >= 0.3 is 0 Å². The number of aryl methyl sites for hydroxylation is 1. The summed E-state index contributed by atoms with van der Waals surface area (Å²) < 4.78 is 4.07. The smallest absolute Gasteiger partial charge is 0.0539 e. The number of nitrogens with zero attached hydrogens (tertiary/aromatic N) is 3. The Morgan fingerprint density at radius 3 is 2.86 bits per heavy atom. The van der Waals surface area contributed by atoms with E-state index in [0.29, 0.717) is 0 Å². The fourth-order valence-electron chi connectivity index (χ4n) is 2.62. The maximum Gasteiger partial charge on any atom is 0.0539 e. The van der Waals surface area contributed by atoms with E-state index in [0.717, 1.165) is 24.7 Å². The summed E-state index contributed by atoms with van der Waals surface area (Å²) in [6.07, 6.45) is 6.15. The van der Waals surface area contributed by atoms with Crippen LogP contribution < -0.4 is 5.32 Å². The molecule has 0 saturated carbocycles. The Morgan fingerprint density at radius 1 is 1.29 bits per heavy atom. The number of fused-ring (bicyclic) bond motifs is 1. The zero-order valence-electron chi connectivity index (χ0n) is 12.3. The van der Waals surface area contributed by atoms with Gasteiger partial charge in [-0.05, 0) is 24.2 Å². The molecule has 0 unspecified atom stereocenters. The maximum absolute atomic E-state index is 6.17. The van der Waals surface area contributed by atoms with Crippen LogP contribution in [0.4, 0.5) is 0 Å². The highest BCUT2D eigenvalue weighted by Crippen LogP contribution is 2.25. The van der Waals surface area contributed by atoms with Crippen molar-refractivity contribution in [3.05, 3.63) is 52.9 Å². The van der Waals surface area contributed by atoms with Gasteiger partial charge in [-0.2, -0.15) is 5.10 Å². The summed E-state index contributed by atoms with van der Waals surface area (Å²) in [5.41, 5.74) is 3.65. The molecule has 0 radical (unpaired) electrons. The summed E-state index contributed by atoms with van der Waals surface area (Å²) in [5, 5.41) is 9.64. The van der Waals surface area contributed by atoms with Gasteiger partial charge < -0.3 is 9.88 Å². The Morgan fingerprint density at radius 2 is 2.14 bits per heavy atom. The molecule has 3 rings (SSSR count). The highest BCUT2D eigenvalue weighted by atomic mass is 35.5. The normalized spacial score (nSPS) is 11.4. The van der Waals surface area contributed by atoms with Gasteiger partial charge in [-0.25, -0.2) is 0 Å². The average molecular weight is 303 g/mol. The fraction of sp³-hybridized carbons (Fsp3) is 0.312. The third-order valence-electron chi connectivity index (χ3n) is 3.60. The first-order chi connectivity index (χ1) is 10.2. The predicted molar refractivity (Wildman–Crippen MR) is 86.6 cm³/mol.